The third-order valence-corrected chi connectivity index (χ3v) is 4.08. The van der Waals surface area contributed by atoms with E-state index in [4.69, 9.17) is 5.73 Å². The summed E-state index contributed by atoms with van der Waals surface area (Å²) in [5.41, 5.74) is 6.03. The number of hydrogen-bond donors (Lipinski definition) is 1. The molecule has 0 saturated heterocycles. The molecule has 16 heavy (non-hydrogen) atoms. The molecule has 6 heteroatoms. The Kier molecular flexibility index (Phi) is 4.85. The van der Waals surface area contributed by atoms with Gasteiger partial charge in [0.15, 0.2) is 0 Å². The van der Waals surface area contributed by atoms with Crippen molar-refractivity contribution in [3.63, 3.8) is 0 Å². The quantitative estimate of drug-likeness (QED) is 0.774. The summed E-state index contributed by atoms with van der Waals surface area (Å²) in [6, 6.07) is 5.43. The Morgan fingerprint density at radius 3 is 2.75 bits per heavy atom. The highest BCUT2D eigenvalue weighted by Gasteiger charge is 2.17. The van der Waals surface area contributed by atoms with Crippen LogP contribution in [0.4, 0.5) is 0 Å². The molecule has 1 aromatic heterocycles. The molecular weight excluding hydrogens is 226 g/mol. The van der Waals surface area contributed by atoms with E-state index in [9.17, 15) is 8.42 Å². The molecule has 90 valence electrons. The van der Waals surface area contributed by atoms with Crippen LogP contribution in [0.3, 0.4) is 0 Å². The van der Waals surface area contributed by atoms with E-state index in [0.717, 1.165) is 5.69 Å². The predicted molar refractivity (Wildman–Crippen MR) is 63.2 cm³/mol. The van der Waals surface area contributed by atoms with Gasteiger partial charge in [0, 0.05) is 13.2 Å². The average molecular weight is 243 g/mol. The Balaban J connectivity index is 2.61. The van der Waals surface area contributed by atoms with Gasteiger partial charge >= 0.3 is 0 Å². The lowest BCUT2D eigenvalue weighted by molar-refractivity contribution is 0.461. The van der Waals surface area contributed by atoms with Gasteiger partial charge < -0.3 is 5.73 Å². The number of sulfonamides is 1. The van der Waals surface area contributed by atoms with Crippen molar-refractivity contribution in [3.8, 4) is 0 Å². The summed E-state index contributed by atoms with van der Waals surface area (Å²) in [5, 5.41) is 0. The van der Waals surface area contributed by atoms with Crippen molar-refractivity contribution in [2.75, 3.05) is 19.3 Å². The fourth-order valence-corrected chi connectivity index (χ4v) is 2.41. The van der Waals surface area contributed by atoms with Gasteiger partial charge in [0.1, 0.15) is 0 Å². The number of hydrogen-bond acceptors (Lipinski definition) is 4. The van der Waals surface area contributed by atoms with Crippen LogP contribution in [0.1, 0.15) is 12.1 Å². The smallest absolute Gasteiger partial charge is 0.214 e. The Hall–Kier alpha value is -0.980. The molecule has 0 saturated carbocycles. The largest absolute Gasteiger partial charge is 0.330 e. The van der Waals surface area contributed by atoms with Gasteiger partial charge in [0.2, 0.25) is 10.0 Å². The van der Waals surface area contributed by atoms with Gasteiger partial charge in [-0.15, -0.1) is 0 Å². The predicted octanol–water partition coefficient (Wildman–Crippen LogP) is 0.192. The zero-order valence-corrected chi connectivity index (χ0v) is 10.2. The summed E-state index contributed by atoms with van der Waals surface area (Å²) < 4.78 is 24.8. The van der Waals surface area contributed by atoms with Crippen molar-refractivity contribution in [1.29, 1.82) is 0 Å². The van der Waals surface area contributed by atoms with E-state index in [1.807, 2.05) is 6.07 Å². The summed E-state index contributed by atoms with van der Waals surface area (Å²) in [7, 11) is -1.65. The van der Waals surface area contributed by atoms with E-state index in [0.29, 0.717) is 19.5 Å². The molecule has 0 aliphatic carbocycles. The Morgan fingerprint density at radius 1 is 1.44 bits per heavy atom. The molecule has 0 atom stereocenters. The molecule has 0 fully saturated rings. The number of nitrogens with two attached hydrogens (primary N) is 1. The molecule has 0 spiro atoms. The summed E-state index contributed by atoms with van der Waals surface area (Å²) >= 11 is 0. The first-order chi connectivity index (χ1) is 7.56. The fourth-order valence-electron chi connectivity index (χ4n) is 1.24. The molecule has 0 aliphatic rings. The molecule has 0 aliphatic heterocycles. The topological polar surface area (TPSA) is 76.3 Å². The van der Waals surface area contributed by atoms with Crippen LogP contribution in [0.25, 0.3) is 0 Å². The number of nitrogens with zero attached hydrogens (tertiary/aromatic N) is 2. The van der Waals surface area contributed by atoms with Crippen LogP contribution in [-0.4, -0.2) is 37.1 Å². The molecule has 1 aromatic rings. The van der Waals surface area contributed by atoms with Crippen LogP contribution in [-0.2, 0) is 16.6 Å². The van der Waals surface area contributed by atoms with Gasteiger partial charge in [-0.05, 0) is 25.1 Å². The molecular formula is C10H17N3O2S. The van der Waals surface area contributed by atoms with Gasteiger partial charge in [-0.2, -0.15) is 4.31 Å². The molecule has 0 radical (unpaired) electrons. The Labute approximate surface area is 96.3 Å². The highest BCUT2D eigenvalue weighted by atomic mass is 32.2. The van der Waals surface area contributed by atoms with Crippen LogP contribution in [0.2, 0.25) is 0 Å². The second kappa shape index (κ2) is 5.93. The molecule has 0 bridgehead atoms. The minimum absolute atomic E-state index is 0.0901. The van der Waals surface area contributed by atoms with Crippen LogP contribution in [0.15, 0.2) is 24.4 Å². The number of aromatic nitrogens is 1. The minimum atomic E-state index is -3.21. The maximum atomic E-state index is 11.7. The van der Waals surface area contributed by atoms with Crippen molar-refractivity contribution in [2.45, 2.75) is 13.0 Å². The summed E-state index contributed by atoms with van der Waals surface area (Å²) in [5.74, 6) is 0.0901. The summed E-state index contributed by atoms with van der Waals surface area (Å²) in [6.07, 6.45) is 2.13. The third-order valence-electron chi connectivity index (χ3n) is 2.19. The molecule has 2 N–H and O–H groups in total. The first-order valence-corrected chi connectivity index (χ1v) is 6.71. The second-order valence-corrected chi connectivity index (χ2v) is 5.73. The minimum Gasteiger partial charge on any atom is -0.330 e. The summed E-state index contributed by atoms with van der Waals surface area (Å²) in [6.45, 7) is 0.685. The maximum absolute atomic E-state index is 11.7. The van der Waals surface area contributed by atoms with Crippen molar-refractivity contribution in [2.24, 2.45) is 5.73 Å². The molecule has 0 aromatic carbocycles. The van der Waals surface area contributed by atoms with Gasteiger partial charge in [-0.1, -0.05) is 6.07 Å². The molecule has 0 unspecified atom stereocenters. The van der Waals surface area contributed by atoms with E-state index in [-0.39, 0.29) is 5.75 Å². The monoisotopic (exact) mass is 243 g/mol. The van der Waals surface area contributed by atoms with Crippen molar-refractivity contribution in [3.05, 3.63) is 30.1 Å². The van der Waals surface area contributed by atoms with Crippen LogP contribution in [0.5, 0.6) is 0 Å². The zero-order valence-electron chi connectivity index (χ0n) is 9.33. The first-order valence-electron chi connectivity index (χ1n) is 5.10. The van der Waals surface area contributed by atoms with Gasteiger partial charge in [0.05, 0.1) is 18.0 Å². The van der Waals surface area contributed by atoms with E-state index in [2.05, 4.69) is 4.98 Å². The van der Waals surface area contributed by atoms with Crippen molar-refractivity contribution >= 4 is 10.0 Å². The SMILES string of the molecule is CN(Cc1ccccn1)S(=O)(=O)CCCN. The molecule has 5 nitrogen and oxygen atoms in total. The van der Waals surface area contributed by atoms with Crippen LogP contribution in [0, 0.1) is 0 Å². The molecule has 1 heterocycles. The van der Waals surface area contributed by atoms with Crippen LogP contribution >= 0.6 is 0 Å². The first kappa shape index (κ1) is 13.1. The fraction of sp³-hybridized carbons (Fsp3) is 0.500. The lowest BCUT2D eigenvalue weighted by atomic mass is 10.3. The van der Waals surface area contributed by atoms with Crippen LogP contribution < -0.4 is 5.73 Å². The second-order valence-electron chi connectivity index (χ2n) is 3.54. The average Bonchev–Trinajstić information content (AvgIpc) is 2.28. The van der Waals surface area contributed by atoms with E-state index >= 15 is 0 Å². The van der Waals surface area contributed by atoms with Crippen molar-refractivity contribution in [1.82, 2.24) is 9.29 Å². The lowest BCUT2D eigenvalue weighted by Gasteiger charge is -2.16. The van der Waals surface area contributed by atoms with Crippen molar-refractivity contribution < 1.29 is 8.42 Å². The normalized spacial score (nSPS) is 11.9. The van der Waals surface area contributed by atoms with E-state index in [1.165, 1.54) is 4.31 Å². The highest BCUT2D eigenvalue weighted by molar-refractivity contribution is 7.89. The Bertz CT molecular complexity index is 405. The molecule has 0 amide bonds. The number of pyridine rings is 1. The highest BCUT2D eigenvalue weighted by Crippen LogP contribution is 2.05. The van der Waals surface area contributed by atoms with Gasteiger partial charge in [-0.25, -0.2) is 8.42 Å². The van der Waals surface area contributed by atoms with Gasteiger partial charge in [0.25, 0.3) is 0 Å². The number of rotatable bonds is 6. The Morgan fingerprint density at radius 2 is 2.19 bits per heavy atom. The maximum Gasteiger partial charge on any atom is 0.214 e. The molecule has 1 rings (SSSR count). The summed E-state index contributed by atoms with van der Waals surface area (Å²) in [4.78, 5) is 4.08. The van der Waals surface area contributed by atoms with E-state index < -0.39 is 10.0 Å². The lowest BCUT2D eigenvalue weighted by Crippen LogP contribution is -2.29. The standard InChI is InChI=1S/C10H17N3O2S/c1-13(16(14,15)8-4-6-11)9-10-5-2-3-7-12-10/h2-3,5,7H,4,6,8-9,11H2,1H3. The third kappa shape index (κ3) is 3.88. The zero-order chi connectivity index (χ0) is 12.0. The van der Waals surface area contributed by atoms with E-state index in [1.54, 1.807) is 25.4 Å². The van der Waals surface area contributed by atoms with Gasteiger partial charge in [-0.3, -0.25) is 4.98 Å².